The van der Waals surface area contributed by atoms with Crippen molar-refractivity contribution in [3.63, 3.8) is 0 Å². The summed E-state index contributed by atoms with van der Waals surface area (Å²) in [6.45, 7) is 0.903. The van der Waals surface area contributed by atoms with Crippen molar-refractivity contribution in [2.45, 2.75) is 12.8 Å². The van der Waals surface area contributed by atoms with Crippen LogP contribution in [0, 0.1) is 5.92 Å². The molecule has 1 saturated heterocycles. The molecule has 1 fully saturated rings. The van der Waals surface area contributed by atoms with Gasteiger partial charge in [-0.1, -0.05) is 23.7 Å². The van der Waals surface area contributed by atoms with Gasteiger partial charge in [0.15, 0.2) is 0 Å². The maximum absolute atomic E-state index is 12.0. The van der Waals surface area contributed by atoms with Gasteiger partial charge in [0.1, 0.15) is 0 Å². The van der Waals surface area contributed by atoms with E-state index in [-0.39, 0.29) is 11.9 Å². The van der Waals surface area contributed by atoms with Gasteiger partial charge in [0, 0.05) is 13.1 Å². The molecule has 2 rings (SSSR count). The zero-order valence-corrected chi connectivity index (χ0v) is 11.1. The van der Waals surface area contributed by atoms with Gasteiger partial charge >= 0.3 is 12.0 Å². The minimum absolute atomic E-state index is 0.239. The van der Waals surface area contributed by atoms with Gasteiger partial charge in [0.25, 0.3) is 0 Å². The molecule has 0 spiro atoms. The van der Waals surface area contributed by atoms with E-state index in [2.05, 4.69) is 5.32 Å². The third-order valence-corrected chi connectivity index (χ3v) is 3.58. The highest BCUT2D eigenvalue weighted by Gasteiger charge is 2.27. The van der Waals surface area contributed by atoms with E-state index in [0.29, 0.717) is 36.6 Å². The quantitative estimate of drug-likeness (QED) is 0.876. The van der Waals surface area contributed by atoms with Crippen molar-refractivity contribution in [3.05, 3.63) is 29.3 Å². The van der Waals surface area contributed by atoms with Gasteiger partial charge in [-0.25, -0.2) is 4.79 Å². The first-order chi connectivity index (χ1) is 9.08. The molecule has 2 N–H and O–H groups in total. The van der Waals surface area contributed by atoms with E-state index in [1.54, 1.807) is 29.2 Å². The summed E-state index contributed by atoms with van der Waals surface area (Å²) in [4.78, 5) is 24.4. The van der Waals surface area contributed by atoms with Crippen LogP contribution in [0.4, 0.5) is 10.5 Å². The molecule has 102 valence electrons. The second-order valence-electron chi connectivity index (χ2n) is 4.51. The van der Waals surface area contributed by atoms with Crippen molar-refractivity contribution in [3.8, 4) is 0 Å². The fourth-order valence-electron chi connectivity index (χ4n) is 2.09. The number of hydrogen-bond acceptors (Lipinski definition) is 2. The Kier molecular flexibility index (Phi) is 4.27. The molecule has 0 atom stereocenters. The van der Waals surface area contributed by atoms with Crippen LogP contribution in [0.5, 0.6) is 0 Å². The number of carbonyl (C=O) groups excluding carboxylic acids is 1. The van der Waals surface area contributed by atoms with Gasteiger partial charge in [-0.05, 0) is 25.0 Å². The van der Waals surface area contributed by atoms with Gasteiger partial charge in [-0.15, -0.1) is 0 Å². The average Bonchev–Trinajstić information content (AvgIpc) is 2.41. The van der Waals surface area contributed by atoms with E-state index in [0.717, 1.165) is 0 Å². The Balaban J connectivity index is 1.92. The lowest BCUT2D eigenvalue weighted by Gasteiger charge is -2.30. The molecule has 0 unspecified atom stereocenters. The number of benzene rings is 1. The van der Waals surface area contributed by atoms with Crippen LogP contribution >= 0.6 is 11.6 Å². The van der Waals surface area contributed by atoms with Crippen LogP contribution in [0.3, 0.4) is 0 Å². The zero-order valence-electron chi connectivity index (χ0n) is 10.3. The molecule has 0 radical (unpaired) electrons. The molecule has 0 aliphatic carbocycles. The van der Waals surface area contributed by atoms with Crippen LogP contribution in [0.2, 0.25) is 5.02 Å². The molecule has 0 bridgehead atoms. The first-order valence-electron chi connectivity index (χ1n) is 6.11. The van der Waals surface area contributed by atoms with Crippen molar-refractivity contribution in [2.24, 2.45) is 5.92 Å². The van der Waals surface area contributed by atoms with E-state index in [1.807, 2.05) is 0 Å². The first kappa shape index (κ1) is 13.7. The van der Waals surface area contributed by atoms with Crippen LogP contribution in [-0.2, 0) is 4.79 Å². The Morgan fingerprint density at radius 3 is 2.47 bits per heavy atom. The third-order valence-electron chi connectivity index (χ3n) is 3.25. The van der Waals surface area contributed by atoms with Crippen LogP contribution in [0.1, 0.15) is 12.8 Å². The molecule has 0 saturated carbocycles. The second kappa shape index (κ2) is 5.93. The highest BCUT2D eigenvalue weighted by Crippen LogP contribution is 2.22. The first-order valence-corrected chi connectivity index (χ1v) is 6.49. The number of aliphatic carboxylic acids is 1. The number of anilines is 1. The maximum Gasteiger partial charge on any atom is 0.321 e. The van der Waals surface area contributed by atoms with Crippen LogP contribution in [0.25, 0.3) is 0 Å². The predicted molar refractivity (Wildman–Crippen MR) is 72.4 cm³/mol. The number of nitrogens with one attached hydrogen (secondary N) is 1. The SMILES string of the molecule is O=C(O)C1CCN(C(=O)Nc2ccccc2Cl)CC1. The Labute approximate surface area is 116 Å². The minimum atomic E-state index is -0.786. The van der Waals surface area contributed by atoms with E-state index < -0.39 is 5.97 Å². The van der Waals surface area contributed by atoms with Crippen molar-refractivity contribution in [2.75, 3.05) is 18.4 Å². The fourth-order valence-corrected chi connectivity index (χ4v) is 2.27. The van der Waals surface area contributed by atoms with E-state index in [9.17, 15) is 9.59 Å². The molecule has 6 heteroatoms. The summed E-state index contributed by atoms with van der Waals surface area (Å²) in [7, 11) is 0. The summed E-state index contributed by atoms with van der Waals surface area (Å²) in [5.41, 5.74) is 0.564. The minimum Gasteiger partial charge on any atom is -0.481 e. The maximum atomic E-state index is 12.0. The van der Waals surface area contributed by atoms with E-state index in [1.165, 1.54) is 0 Å². The number of piperidine rings is 1. The molecule has 2 amide bonds. The van der Waals surface area contributed by atoms with Gasteiger partial charge in [0.2, 0.25) is 0 Å². The Morgan fingerprint density at radius 2 is 1.89 bits per heavy atom. The van der Waals surface area contributed by atoms with Gasteiger partial charge in [-0.3, -0.25) is 4.79 Å². The van der Waals surface area contributed by atoms with Gasteiger partial charge in [0.05, 0.1) is 16.6 Å². The average molecular weight is 283 g/mol. The van der Waals surface area contributed by atoms with Crippen molar-refractivity contribution in [1.29, 1.82) is 0 Å². The standard InChI is InChI=1S/C13H15ClN2O3/c14-10-3-1-2-4-11(10)15-13(19)16-7-5-9(6-8-16)12(17)18/h1-4,9H,5-8H2,(H,15,19)(H,17,18). The number of amides is 2. The lowest BCUT2D eigenvalue weighted by molar-refractivity contribution is -0.143. The summed E-state index contributed by atoms with van der Waals surface area (Å²) in [5.74, 6) is -1.13. The number of carbonyl (C=O) groups is 2. The smallest absolute Gasteiger partial charge is 0.321 e. The van der Waals surface area contributed by atoms with Crippen LogP contribution < -0.4 is 5.32 Å². The largest absolute Gasteiger partial charge is 0.481 e. The number of nitrogens with zero attached hydrogens (tertiary/aromatic N) is 1. The number of urea groups is 1. The molecule has 1 aliphatic rings. The topological polar surface area (TPSA) is 69.6 Å². The molecular weight excluding hydrogens is 268 g/mol. The molecule has 1 heterocycles. The number of carboxylic acids is 1. The van der Waals surface area contributed by atoms with Gasteiger partial charge in [-0.2, -0.15) is 0 Å². The Morgan fingerprint density at radius 1 is 1.26 bits per heavy atom. The number of hydrogen-bond donors (Lipinski definition) is 2. The highest BCUT2D eigenvalue weighted by molar-refractivity contribution is 6.33. The Bertz CT molecular complexity index is 485. The van der Waals surface area contributed by atoms with Gasteiger partial charge < -0.3 is 15.3 Å². The molecule has 0 aromatic heterocycles. The van der Waals surface area contributed by atoms with E-state index in [4.69, 9.17) is 16.7 Å². The zero-order chi connectivity index (χ0) is 13.8. The monoisotopic (exact) mass is 282 g/mol. The molecule has 5 nitrogen and oxygen atoms in total. The number of para-hydroxylation sites is 1. The Hall–Kier alpha value is -1.75. The predicted octanol–water partition coefficient (Wildman–Crippen LogP) is 2.67. The van der Waals surface area contributed by atoms with E-state index >= 15 is 0 Å². The fraction of sp³-hybridized carbons (Fsp3) is 0.385. The number of likely N-dealkylation sites (tertiary alicyclic amines) is 1. The number of halogens is 1. The van der Waals surface area contributed by atoms with Crippen molar-refractivity contribution < 1.29 is 14.7 Å². The van der Waals surface area contributed by atoms with Crippen LogP contribution in [0.15, 0.2) is 24.3 Å². The highest BCUT2D eigenvalue weighted by atomic mass is 35.5. The summed E-state index contributed by atoms with van der Waals surface area (Å²) < 4.78 is 0. The molecule has 1 aromatic rings. The molecule has 19 heavy (non-hydrogen) atoms. The lowest BCUT2D eigenvalue weighted by Crippen LogP contribution is -2.42. The number of carboxylic acid groups (broad SMARTS) is 1. The summed E-state index contributed by atoms with van der Waals surface area (Å²) in [5, 5.41) is 12.1. The normalized spacial score (nSPS) is 16.2. The molecule has 1 aromatic carbocycles. The molecular formula is C13H15ClN2O3. The summed E-state index contributed by atoms with van der Waals surface area (Å²) in [6.07, 6.45) is 0.983. The third kappa shape index (κ3) is 3.38. The second-order valence-corrected chi connectivity index (χ2v) is 4.92. The van der Waals surface area contributed by atoms with Crippen molar-refractivity contribution in [1.82, 2.24) is 4.90 Å². The lowest BCUT2D eigenvalue weighted by atomic mass is 9.97. The van der Waals surface area contributed by atoms with Crippen molar-refractivity contribution >= 4 is 29.3 Å². The summed E-state index contributed by atoms with van der Waals surface area (Å²) in [6, 6.07) is 6.77. The number of rotatable bonds is 2. The summed E-state index contributed by atoms with van der Waals surface area (Å²) >= 11 is 5.96. The van der Waals surface area contributed by atoms with Crippen LogP contribution in [-0.4, -0.2) is 35.1 Å². The molecule has 1 aliphatic heterocycles.